The molecule has 21 heavy (non-hydrogen) atoms. The summed E-state index contributed by atoms with van der Waals surface area (Å²) in [4.78, 5) is 14.5. The van der Waals surface area contributed by atoms with Crippen molar-refractivity contribution in [3.63, 3.8) is 0 Å². The molecule has 4 nitrogen and oxygen atoms in total. The van der Waals surface area contributed by atoms with E-state index in [9.17, 15) is 4.79 Å². The predicted octanol–water partition coefficient (Wildman–Crippen LogP) is 1.98. The van der Waals surface area contributed by atoms with Gasteiger partial charge in [-0.2, -0.15) is 0 Å². The maximum Gasteiger partial charge on any atom is 0.239 e. The third kappa shape index (κ3) is 3.21. The molecule has 0 spiro atoms. The lowest BCUT2D eigenvalue weighted by Gasteiger charge is -2.34. The van der Waals surface area contributed by atoms with Crippen molar-refractivity contribution in [2.75, 3.05) is 19.6 Å². The minimum absolute atomic E-state index is 0.00229. The Hall–Kier alpha value is -1.55. The SMILES string of the molecule is CCCNC1CCCN(CC2Cc3ccccc3O2)C1=O. The van der Waals surface area contributed by atoms with Gasteiger partial charge in [-0.1, -0.05) is 25.1 Å². The number of benzene rings is 1. The van der Waals surface area contributed by atoms with Gasteiger partial charge in [-0.25, -0.2) is 0 Å². The quantitative estimate of drug-likeness (QED) is 0.901. The number of likely N-dealkylation sites (tertiary alicyclic amines) is 1. The highest BCUT2D eigenvalue weighted by Crippen LogP contribution is 2.29. The molecular weight excluding hydrogens is 264 g/mol. The fraction of sp³-hybridized carbons (Fsp3) is 0.588. The van der Waals surface area contributed by atoms with Crippen molar-refractivity contribution in [2.45, 2.75) is 44.8 Å². The number of amides is 1. The van der Waals surface area contributed by atoms with Gasteiger partial charge in [-0.15, -0.1) is 0 Å². The Morgan fingerprint density at radius 1 is 1.38 bits per heavy atom. The minimum atomic E-state index is 0.00229. The zero-order valence-corrected chi connectivity index (χ0v) is 12.7. The van der Waals surface area contributed by atoms with E-state index in [4.69, 9.17) is 4.74 Å². The van der Waals surface area contributed by atoms with Crippen LogP contribution in [0.2, 0.25) is 0 Å². The lowest BCUT2D eigenvalue weighted by Crippen LogP contribution is -2.53. The molecule has 1 saturated heterocycles. The molecule has 1 aromatic rings. The summed E-state index contributed by atoms with van der Waals surface area (Å²) < 4.78 is 5.96. The van der Waals surface area contributed by atoms with Gasteiger partial charge < -0.3 is 15.0 Å². The molecule has 0 aromatic heterocycles. The van der Waals surface area contributed by atoms with E-state index in [0.29, 0.717) is 6.54 Å². The molecule has 0 saturated carbocycles. The summed E-state index contributed by atoms with van der Waals surface area (Å²) in [7, 11) is 0. The number of fused-ring (bicyclic) bond motifs is 1. The zero-order valence-electron chi connectivity index (χ0n) is 12.7. The van der Waals surface area contributed by atoms with E-state index in [2.05, 4.69) is 18.3 Å². The van der Waals surface area contributed by atoms with Crippen molar-refractivity contribution in [1.82, 2.24) is 10.2 Å². The lowest BCUT2D eigenvalue weighted by molar-refractivity contribution is -0.137. The van der Waals surface area contributed by atoms with E-state index >= 15 is 0 Å². The number of nitrogens with one attached hydrogen (secondary N) is 1. The summed E-state index contributed by atoms with van der Waals surface area (Å²) in [6.07, 6.45) is 4.11. The first kappa shape index (κ1) is 14.4. The molecule has 2 unspecified atom stereocenters. The molecule has 2 aliphatic rings. The van der Waals surface area contributed by atoms with Crippen LogP contribution in [0.25, 0.3) is 0 Å². The Morgan fingerprint density at radius 3 is 3.05 bits per heavy atom. The van der Waals surface area contributed by atoms with Crippen molar-refractivity contribution in [1.29, 1.82) is 0 Å². The van der Waals surface area contributed by atoms with Crippen LogP contribution >= 0.6 is 0 Å². The topological polar surface area (TPSA) is 41.6 Å². The lowest BCUT2D eigenvalue weighted by atomic mass is 10.0. The first-order valence-corrected chi connectivity index (χ1v) is 8.04. The normalized spacial score (nSPS) is 24.8. The highest BCUT2D eigenvalue weighted by Gasteiger charge is 2.32. The number of hydrogen-bond acceptors (Lipinski definition) is 3. The first-order valence-electron chi connectivity index (χ1n) is 8.04. The van der Waals surface area contributed by atoms with Gasteiger partial charge >= 0.3 is 0 Å². The number of hydrogen-bond donors (Lipinski definition) is 1. The molecule has 4 heteroatoms. The van der Waals surface area contributed by atoms with E-state index in [-0.39, 0.29) is 18.1 Å². The summed E-state index contributed by atoms with van der Waals surface area (Å²) in [5.74, 6) is 1.22. The second-order valence-corrected chi connectivity index (χ2v) is 5.98. The summed E-state index contributed by atoms with van der Waals surface area (Å²) >= 11 is 0. The molecule has 114 valence electrons. The number of ether oxygens (including phenoxy) is 1. The third-order valence-electron chi connectivity index (χ3n) is 4.31. The summed E-state index contributed by atoms with van der Waals surface area (Å²) in [6.45, 7) is 4.61. The molecule has 1 fully saturated rings. The smallest absolute Gasteiger partial charge is 0.239 e. The average Bonchev–Trinajstić information content (AvgIpc) is 2.90. The molecule has 1 aromatic carbocycles. The summed E-state index contributed by atoms with van der Waals surface area (Å²) in [5.41, 5.74) is 1.26. The van der Waals surface area contributed by atoms with Crippen molar-refractivity contribution >= 4 is 5.91 Å². The molecule has 2 heterocycles. The Morgan fingerprint density at radius 2 is 2.24 bits per heavy atom. The molecular formula is C17H24N2O2. The van der Waals surface area contributed by atoms with Crippen molar-refractivity contribution in [3.8, 4) is 5.75 Å². The van der Waals surface area contributed by atoms with E-state index < -0.39 is 0 Å². The van der Waals surface area contributed by atoms with Crippen LogP contribution in [0, 0.1) is 0 Å². The van der Waals surface area contributed by atoms with Gasteiger partial charge in [0.25, 0.3) is 0 Å². The maximum absolute atomic E-state index is 12.5. The van der Waals surface area contributed by atoms with Gasteiger partial charge in [0, 0.05) is 13.0 Å². The predicted molar refractivity (Wildman–Crippen MR) is 82.5 cm³/mol. The monoisotopic (exact) mass is 288 g/mol. The second kappa shape index (κ2) is 6.48. The number of piperidine rings is 1. The first-order chi connectivity index (χ1) is 10.3. The van der Waals surface area contributed by atoms with Gasteiger partial charge in [0.15, 0.2) is 0 Å². The molecule has 0 radical (unpaired) electrons. The number of carbonyl (C=O) groups excluding carboxylic acids is 1. The summed E-state index contributed by atoms with van der Waals surface area (Å²) in [5, 5.41) is 3.36. The van der Waals surface area contributed by atoms with Gasteiger partial charge in [0.05, 0.1) is 12.6 Å². The summed E-state index contributed by atoms with van der Waals surface area (Å²) in [6, 6.07) is 8.17. The standard InChI is InChI=1S/C17H24N2O2/c1-2-9-18-15-7-5-10-19(17(15)20)12-14-11-13-6-3-4-8-16(13)21-14/h3-4,6,8,14-15,18H,2,5,7,9-12H2,1H3. The Kier molecular flexibility index (Phi) is 4.44. The molecule has 0 aliphatic carbocycles. The molecule has 2 aliphatic heterocycles. The average molecular weight is 288 g/mol. The second-order valence-electron chi connectivity index (χ2n) is 5.98. The fourth-order valence-electron chi connectivity index (χ4n) is 3.23. The maximum atomic E-state index is 12.5. The van der Waals surface area contributed by atoms with E-state index in [1.807, 2.05) is 23.1 Å². The van der Waals surface area contributed by atoms with Crippen molar-refractivity contribution in [2.24, 2.45) is 0 Å². The van der Waals surface area contributed by atoms with E-state index in [1.165, 1.54) is 5.56 Å². The fourth-order valence-corrected chi connectivity index (χ4v) is 3.23. The van der Waals surface area contributed by atoms with Gasteiger partial charge in [0.1, 0.15) is 11.9 Å². The van der Waals surface area contributed by atoms with Crippen LogP contribution in [-0.2, 0) is 11.2 Å². The van der Waals surface area contributed by atoms with Crippen LogP contribution in [-0.4, -0.2) is 42.6 Å². The van der Waals surface area contributed by atoms with Crippen LogP contribution in [0.15, 0.2) is 24.3 Å². The van der Waals surface area contributed by atoms with Gasteiger partial charge in [0.2, 0.25) is 5.91 Å². The Labute approximate surface area is 126 Å². The zero-order chi connectivity index (χ0) is 14.7. The van der Waals surface area contributed by atoms with Crippen LogP contribution in [0.5, 0.6) is 5.75 Å². The number of para-hydroxylation sites is 1. The molecule has 1 N–H and O–H groups in total. The van der Waals surface area contributed by atoms with Gasteiger partial charge in [-0.05, 0) is 37.4 Å². The Bertz CT molecular complexity index is 478. The largest absolute Gasteiger partial charge is 0.488 e. The van der Waals surface area contributed by atoms with Crippen LogP contribution in [0.4, 0.5) is 0 Å². The minimum Gasteiger partial charge on any atom is -0.488 e. The molecule has 0 bridgehead atoms. The third-order valence-corrected chi connectivity index (χ3v) is 4.31. The van der Waals surface area contributed by atoms with Crippen molar-refractivity contribution < 1.29 is 9.53 Å². The number of rotatable bonds is 5. The van der Waals surface area contributed by atoms with Crippen LogP contribution in [0.1, 0.15) is 31.7 Å². The highest BCUT2D eigenvalue weighted by atomic mass is 16.5. The van der Waals surface area contributed by atoms with E-state index in [1.54, 1.807) is 0 Å². The van der Waals surface area contributed by atoms with E-state index in [0.717, 1.165) is 44.5 Å². The highest BCUT2D eigenvalue weighted by molar-refractivity contribution is 5.82. The molecule has 1 amide bonds. The van der Waals surface area contributed by atoms with Crippen LogP contribution in [0.3, 0.4) is 0 Å². The van der Waals surface area contributed by atoms with Crippen LogP contribution < -0.4 is 10.1 Å². The number of carbonyl (C=O) groups is 1. The molecule has 3 rings (SSSR count). The Balaban J connectivity index is 1.57. The number of nitrogens with zero attached hydrogens (tertiary/aromatic N) is 1. The van der Waals surface area contributed by atoms with Gasteiger partial charge in [-0.3, -0.25) is 4.79 Å². The molecule has 2 atom stereocenters. The van der Waals surface area contributed by atoms with Crippen molar-refractivity contribution in [3.05, 3.63) is 29.8 Å².